The quantitative estimate of drug-likeness (QED) is 0.233. The maximum absolute atomic E-state index is 13.9. The molecule has 4 bridgehead atoms. The van der Waals surface area contributed by atoms with Gasteiger partial charge in [-0.1, -0.05) is 13.5 Å². The molecule has 0 aromatic carbocycles. The van der Waals surface area contributed by atoms with E-state index < -0.39 is 107 Å². The van der Waals surface area contributed by atoms with E-state index in [1.165, 1.54) is 6.92 Å². The zero-order chi connectivity index (χ0) is 33.2. The first-order valence-electron chi connectivity index (χ1n) is 14.4. The van der Waals surface area contributed by atoms with Gasteiger partial charge in [-0.05, 0) is 12.5 Å². The second kappa shape index (κ2) is 11.2. The number of ketones is 1. The smallest absolute Gasteiger partial charge is 0.303 e. The standard InChI is InChI=1S/C30H40O14/c1-13-20(36)10-22(41-15(3)32)29(12-39-14(2)31)23(13)24(42-16(4)33)19-9-21(37)28(8)30(38,27(19,7)11-40-28)26(44-18(6)35)25(29)43-17(5)34/h19-20,22-26,36,38H,1,9-12H2,2-8H3/t19-,20-,22-,23-,24+,25-,26-,27-,28+,29+,30-/m0/s1. The van der Waals surface area contributed by atoms with E-state index in [1.807, 2.05) is 0 Å². The number of ether oxygens (including phenoxy) is 6. The van der Waals surface area contributed by atoms with Crippen molar-refractivity contribution in [1.82, 2.24) is 0 Å². The van der Waals surface area contributed by atoms with Crippen LogP contribution in [0.4, 0.5) is 0 Å². The predicted octanol–water partition coefficient (Wildman–Crippen LogP) is 0.329. The van der Waals surface area contributed by atoms with Crippen LogP contribution in [0, 0.1) is 22.7 Å². The van der Waals surface area contributed by atoms with Gasteiger partial charge >= 0.3 is 29.8 Å². The van der Waals surface area contributed by atoms with Gasteiger partial charge in [-0.25, -0.2) is 0 Å². The minimum Gasteiger partial charge on any atom is -0.465 e. The average Bonchev–Trinajstić information content (AvgIpc) is 3.03. The molecule has 0 aromatic heterocycles. The summed E-state index contributed by atoms with van der Waals surface area (Å²) >= 11 is 0. The van der Waals surface area contributed by atoms with Crippen molar-refractivity contribution in [2.24, 2.45) is 22.7 Å². The Bertz CT molecular complexity index is 1290. The van der Waals surface area contributed by atoms with Gasteiger partial charge in [0.1, 0.15) is 24.4 Å². The molecule has 1 saturated heterocycles. The molecule has 14 nitrogen and oxygen atoms in total. The zero-order valence-corrected chi connectivity index (χ0v) is 25.9. The summed E-state index contributed by atoms with van der Waals surface area (Å²) < 4.78 is 35.0. The molecule has 14 heteroatoms. The Morgan fingerprint density at radius 2 is 1.43 bits per heavy atom. The minimum atomic E-state index is -2.45. The highest BCUT2D eigenvalue weighted by Gasteiger charge is 2.83. The Morgan fingerprint density at radius 1 is 0.886 bits per heavy atom. The van der Waals surface area contributed by atoms with Gasteiger partial charge in [0.2, 0.25) is 0 Å². The second-order valence-electron chi connectivity index (χ2n) is 12.7. The molecule has 3 saturated carbocycles. The fourth-order valence-corrected chi connectivity index (χ4v) is 8.24. The Labute approximate surface area is 254 Å². The minimum absolute atomic E-state index is 0.0271. The molecule has 0 amide bonds. The van der Waals surface area contributed by atoms with Crippen LogP contribution in [0.2, 0.25) is 0 Å². The van der Waals surface area contributed by atoms with Gasteiger partial charge in [-0.2, -0.15) is 0 Å². The van der Waals surface area contributed by atoms with Crippen molar-refractivity contribution < 1.29 is 67.4 Å². The summed E-state index contributed by atoms with van der Waals surface area (Å²) in [6, 6.07) is 0. The molecule has 11 atom stereocenters. The molecule has 1 heterocycles. The van der Waals surface area contributed by atoms with Crippen molar-refractivity contribution in [3.05, 3.63) is 12.2 Å². The largest absolute Gasteiger partial charge is 0.465 e. The lowest BCUT2D eigenvalue weighted by Crippen LogP contribution is -2.81. The number of esters is 5. The third-order valence-electron chi connectivity index (χ3n) is 10.1. The van der Waals surface area contributed by atoms with Crippen LogP contribution in [0.25, 0.3) is 0 Å². The van der Waals surface area contributed by atoms with Crippen molar-refractivity contribution in [3.8, 4) is 0 Å². The van der Waals surface area contributed by atoms with Gasteiger partial charge < -0.3 is 38.6 Å². The summed E-state index contributed by atoms with van der Waals surface area (Å²) in [6.45, 7) is 11.4. The highest BCUT2D eigenvalue weighted by Crippen LogP contribution is 2.67. The van der Waals surface area contributed by atoms with E-state index >= 15 is 0 Å². The van der Waals surface area contributed by atoms with Crippen LogP contribution in [0.3, 0.4) is 0 Å². The molecule has 3 aliphatic carbocycles. The number of rotatable bonds is 6. The molecule has 4 aliphatic rings. The Hall–Kier alpha value is -3.36. The lowest BCUT2D eigenvalue weighted by Gasteiger charge is -2.64. The lowest BCUT2D eigenvalue weighted by molar-refractivity contribution is -0.302. The Morgan fingerprint density at radius 3 is 1.95 bits per heavy atom. The van der Waals surface area contributed by atoms with Crippen LogP contribution < -0.4 is 0 Å². The molecule has 4 fully saturated rings. The van der Waals surface area contributed by atoms with Gasteiger partial charge in [0.05, 0.1) is 18.1 Å². The van der Waals surface area contributed by atoms with Crippen LogP contribution in [0.15, 0.2) is 12.2 Å². The normalized spacial score (nSPS) is 42.6. The Kier molecular flexibility index (Phi) is 8.55. The van der Waals surface area contributed by atoms with Gasteiger partial charge in [-0.15, -0.1) is 0 Å². The number of carbonyl (C=O) groups is 6. The number of carbonyl (C=O) groups excluding carboxylic acids is 6. The molecule has 0 unspecified atom stereocenters. The molecule has 0 aromatic rings. The molecule has 4 rings (SSSR count). The molecular formula is C30H40O14. The molecule has 0 radical (unpaired) electrons. The fourth-order valence-electron chi connectivity index (χ4n) is 8.24. The van der Waals surface area contributed by atoms with Crippen molar-refractivity contribution in [2.75, 3.05) is 13.2 Å². The van der Waals surface area contributed by atoms with E-state index in [4.69, 9.17) is 28.4 Å². The highest BCUT2D eigenvalue weighted by molar-refractivity contribution is 5.91. The number of aliphatic hydroxyl groups excluding tert-OH is 1. The molecule has 1 aliphatic heterocycles. The van der Waals surface area contributed by atoms with E-state index in [2.05, 4.69) is 6.58 Å². The predicted molar refractivity (Wildman–Crippen MR) is 145 cm³/mol. The van der Waals surface area contributed by atoms with E-state index in [-0.39, 0.29) is 25.0 Å². The topological polar surface area (TPSA) is 198 Å². The summed E-state index contributed by atoms with van der Waals surface area (Å²) in [5, 5.41) is 24.2. The highest BCUT2D eigenvalue weighted by atomic mass is 16.6. The maximum atomic E-state index is 13.9. The van der Waals surface area contributed by atoms with E-state index in [0.717, 1.165) is 34.6 Å². The molecule has 244 valence electrons. The molecular weight excluding hydrogens is 584 g/mol. The number of hydrogen-bond acceptors (Lipinski definition) is 14. The van der Waals surface area contributed by atoms with E-state index in [0.29, 0.717) is 0 Å². The van der Waals surface area contributed by atoms with Gasteiger partial charge in [0.25, 0.3) is 0 Å². The number of fused-ring (bicyclic) bond motifs is 1. The van der Waals surface area contributed by atoms with E-state index in [1.54, 1.807) is 6.92 Å². The van der Waals surface area contributed by atoms with Crippen LogP contribution >= 0.6 is 0 Å². The van der Waals surface area contributed by atoms with Crippen LogP contribution in [0.5, 0.6) is 0 Å². The van der Waals surface area contributed by atoms with Gasteiger partial charge in [0.15, 0.2) is 23.6 Å². The summed E-state index contributed by atoms with van der Waals surface area (Å²) in [5.74, 6) is -7.35. The fraction of sp³-hybridized carbons (Fsp3) is 0.733. The van der Waals surface area contributed by atoms with Crippen molar-refractivity contribution >= 4 is 35.6 Å². The van der Waals surface area contributed by atoms with Crippen LogP contribution in [0.1, 0.15) is 61.3 Å². The monoisotopic (exact) mass is 624 g/mol. The number of aliphatic hydroxyl groups is 2. The average molecular weight is 625 g/mol. The van der Waals surface area contributed by atoms with Gasteiger partial charge in [0, 0.05) is 64.7 Å². The summed E-state index contributed by atoms with van der Waals surface area (Å²) in [7, 11) is 0. The first-order valence-corrected chi connectivity index (χ1v) is 14.4. The van der Waals surface area contributed by atoms with E-state index in [9.17, 15) is 39.0 Å². The molecule has 44 heavy (non-hydrogen) atoms. The first kappa shape index (κ1) is 33.5. The Balaban J connectivity index is 2.22. The first-order chi connectivity index (χ1) is 20.3. The lowest BCUT2D eigenvalue weighted by atomic mass is 9.43. The van der Waals surface area contributed by atoms with Crippen molar-refractivity contribution in [1.29, 1.82) is 0 Å². The second-order valence-corrected chi connectivity index (χ2v) is 12.7. The SMILES string of the molecule is C=C1[C@@H](O)C[C@H](OC(C)=O)[C@@]2(COC(C)=O)[C@@H](OC(C)=O)[C@H](OC(C)=O)[C@]3(O)[C@@]4(C)CO[C@]3(C)C(=O)C[C@H]4[C@@H](OC(C)=O)[C@H]12. The summed E-state index contributed by atoms with van der Waals surface area (Å²) in [6.07, 6.45) is -8.63. The summed E-state index contributed by atoms with van der Waals surface area (Å²) in [5.41, 5.74) is -7.95. The van der Waals surface area contributed by atoms with Crippen molar-refractivity contribution in [3.63, 3.8) is 0 Å². The van der Waals surface area contributed by atoms with Gasteiger partial charge in [-0.3, -0.25) is 28.8 Å². The third kappa shape index (κ3) is 4.72. The third-order valence-corrected chi connectivity index (χ3v) is 10.1. The maximum Gasteiger partial charge on any atom is 0.303 e. The summed E-state index contributed by atoms with van der Waals surface area (Å²) in [4.78, 5) is 77.3. The van der Waals surface area contributed by atoms with Crippen LogP contribution in [-0.2, 0) is 57.2 Å². The van der Waals surface area contributed by atoms with Crippen molar-refractivity contribution in [2.45, 2.75) is 103 Å². The number of hydrogen-bond donors (Lipinski definition) is 2. The molecule has 0 spiro atoms. The van der Waals surface area contributed by atoms with Crippen LogP contribution in [-0.4, -0.2) is 101 Å². The zero-order valence-electron chi connectivity index (χ0n) is 25.9. The number of Topliss-reactive ketones (excluding diaryl/α,β-unsaturated/α-hetero) is 1. The molecule has 2 N–H and O–H groups in total.